The summed E-state index contributed by atoms with van der Waals surface area (Å²) < 4.78 is 1.98. The molecule has 1 saturated heterocycles. The lowest BCUT2D eigenvalue weighted by molar-refractivity contribution is 0.0752. The number of thioether (sulfide) groups is 1. The molecule has 1 unspecified atom stereocenters. The van der Waals surface area contributed by atoms with Gasteiger partial charge in [-0.2, -0.15) is 11.8 Å². The van der Waals surface area contributed by atoms with Gasteiger partial charge in [0.1, 0.15) is 5.69 Å². The predicted molar refractivity (Wildman–Crippen MR) is 77.0 cm³/mol. The Bertz CT molecular complexity index is 430. The summed E-state index contributed by atoms with van der Waals surface area (Å²) in [7, 11) is 0. The van der Waals surface area contributed by atoms with Crippen molar-refractivity contribution in [3.05, 3.63) is 18.0 Å². The van der Waals surface area contributed by atoms with Gasteiger partial charge in [-0.05, 0) is 12.5 Å². The van der Waals surface area contributed by atoms with Crippen LogP contribution in [0.1, 0.15) is 30.8 Å². The van der Waals surface area contributed by atoms with E-state index in [0.29, 0.717) is 10.9 Å². The largest absolute Gasteiger partial charge is 0.397 e. The molecular weight excluding hydrogens is 246 g/mol. The highest BCUT2D eigenvalue weighted by atomic mass is 32.2. The average Bonchev–Trinajstić information content (AvgIpc) is 2.70. The Morgan fingerprint density at radius 3 is 3.06 bits per heavy atom. The van der Waals surface area contributed by atoms with Gasteiger partial charge in [0, 0.05) is 36.8 Å². The predicted octanol–water partition coefficient (Wildman–Crippen LogP) is 2.06. The minimum atomic E-state index is 0.118. The van der Waals surface area contributed by atoms with E-state index in [0.717, 1.165) is 37.5 Å². The monoisotopic (exact) mass is 267 g/mol. The van der Waals surface area contributed by atoms with Crippen LogP contribution in [0.4, 0.5) is 5.69 Å². The van der Waals surface area contributed by atoms with Gasteiger partial charge in [-0.25, -0.2) is 0 Å². The van der Waals surface area contributed by atoms with Crippen LogP contribution in [0.15, 0.2) is 12.3 Å². The summed E-state index contributed by atoms with van der Waals surface area (Å²) in [4.78, 5) is 14.4. The molecule has 0 aromatic carbocycles. The molecular formula is C13H21N3OS. The number of amides is 1. The lowest BCUT2D eigenvalue weighted by atomic mass is 10.3. The third-order valence-corrected chi connectivity index (χ3v) is 4.27. The Hall–Kier alpha value is -1.10. The number of aromatic nitrogens is 1. The molecule has 18 heavy (non-hydrogen) atoms. The number of hydrogen-bond donors (Lipinski definition) is 1. The Balaban J connectivity index is 2.17. The third-order valence-electron chi connectivity index (χ3n) is 3.13. The lowest BCUT2D eigenvalue weighted by Crippen LogP contribution is -2.41. The summed E-state index contributed by atoms with van der Waals surface area (Å²) in [6, 6.07) is 1.80. The highest BCUT2D eigenvalue weighted by Gasteiger charge is 2.24. The maximum Gasteiger partial charge on any atom is 0.270 e. The van der Waals surface area contributed by atoms with Crippen LogP contribution >= 0.6 is 11.8 Å². The maximum atomic E-state index is 12.5. The molecule has 0 aliphatic carbocycles. The van der Waals surface area contributed by atoms with E-state index in [9.17, 15) is 4.79 Å². The molecule has 1 atom stereocenters. The molecule has 1 aromatic rings. The number of carbonyl (C=O) groups excluding carboxylic acids is 1. The van der Waals surface area contributed by atoms with Crippen molar-refractivity contribution in [1.29, 1.82) is 0 Å². The Morgan fingerprint density at radius 1 is 1.61 bits per heavy atom. The number of nitrogens with two attached hydrogens (primary N) is 1. The van der Waals surface area contributed by atoms with Gasteiger partial charge < -0.3 is 15.2 Å². The fourth-order valence-electron chi connectivity index (χ4n) is 2.30. The van der Waals surface area contributed by atoms with Crippen molar-refractivity contribution in [2.75, 3.05) is 24.6 Å². The molecule has 1 amide bonds. The van der Waals surface area contributed by atoms with Gasteiger partial charge in [0.25, 0.3) is 5.91 Å². The molecule has 0 radical (unpaired) electrons. The van der Waals surface area contributed by atoms with Crippen molar-refractivity contribution in [3.63, 3.8) is 0 Å². The van der Waals surface area contributed by atoms with Crippen molar-refractivity contribution in [3.8, 4) is 0 Å². The Morgan fingerprint density at radius 2 is 2.39 bits per heavy atom. The smallest absolute Gasteiger partial charge is 0.270 e. The molecule has 4 nitrogen and oxygen atoms in total. The molecule has 0 spiro atoms. The van der Waals surface area contributed by atoms with Gasteiger partial charge in [-0.1, -0.05) is 13.8 Å². The van der Waals surface area contributed by atoms with Crippen LogP contribution in [0.2, 0.25) is 0 Å². The van der Waals surface area contributed by atoms with Gasteiger partial charge >= 0.3 is 0 Å². The minimum absolute atomic E-state index is 0.118. The number of aryl methyl sites for hydroxylation is 1. The minimum Gasteiger partial charge on any atom is -0.397 e. The van der Waals surface area contributed by atoms with Crippen molar-refractivity contribution in [2.45, 2.75) is 32.1 Å². The molecule has 100 valence electrons. The van der Waals surface area contributed by atoms with Crippen molar-refractivity contribution in [1.82, 2.24) is 9.47 Å². The molecule has 0 bridgehead atoms. The first-order valence-corrected chi connectivity index (χ1v) is 7.53. The van der Waals surface area contributed by atoms with E-state index in [1.54, 1.807) is 6.07 Å². The van der Waals surface area contributed by atoms with Crippen LogP contribution in [-0.2, 0) is 6.54 Å². The van der Waals surface area contributed by atoms with Gasteiger partial charge in [0.2, 0.25) is 0 Å². The summed E-state index contributed by atoms with van der Waals surface area (Å²) >= 11 is 1.93. The van der Waals surface area contributed by atoms with Gasteiger partial charge in [-0.3, -0.25) is 4.79 Å². The van der Waals surface area contributed by atoms with E-state index >= 15 is 0 Å². The Labute approximate surface area is 113 Å². The topological polar surface area (TPSA) is 51.3 Å². The number of anilines is 1. The van der Waals surface area contributed by atoms with Gasteiger partial charge in [-0.15, -0.1) is 0 Å². The molecule has 1 aliphatic heterocycles. The van der Waals surface area contributed by atoms with Gasteiger partial charge in [0.15, 0.2) is 0 Å². The summed E-state index contributed by atoms with van der Waals surface area (Å²) in [5.74, 6) is 1.14. The first-order valence-electron chi connectivity index (χ1n) is 6.48. The molecule has 2 heterocycles. The standard InChI is InChI=1S/C13H21N3OS/c1-3-4-15-9-11(14)7-12(15)13(17)16-5-6-18-10(2)8-16/h7,9-10H,3-6,8,14H2,1-2H3. The van der Waals surface area contributed by atoms with E-state index in [1.165, 1.54) is 0 Å². The SMILES string of the molecule is CCCn1cc(N)cc1C(=O)N1CCSC(C)C1. The van der Waals surface area contributed by atoms with E-state index < -0.39 is 0 Å². The van der Waals surface area contributed by atoms with E-state index in [1.807, 2.05) is 27.4 Å². The fourth-order valence-corrected chi connectivity index (χ4v) is 3.32. The normalized spacial score (nSPS) is 20.1. The van der Waals surface area contributed by atoms with Crippen molar-refractivity contribution >= 4 is 23.4 Å². The Kier molecular flexibility index (Phi) is 4.22. The molecule has 2 N–H and O–H groups in total. The van der Waals surface area contributed by atoms with Gasteiger partial charge in [0.05, 0.1) is 5.69 Å². The zero-order valence-electron chi connectivity index (χ0n) is 11.1. The maximum absolute atomic E-state index is 12.5. The number of carbonyl (C=O) groups is 1. The zero-order chi connectivity index (χ0) is 13.1. The zero-order valence-corrected chi connectivity index (χ0v) is 11.9. The van der Waals surface area contributed by atoms with Crippen molar-refractivity contribution in [2.24, 2.45) is 0 Å². The summed E-state index contributed by atoms with van der Waals surface area (Å²) in [6.45, 7) is 6.79. The summed E-state index contributed by atoms with van der Waals surface area (Å²) in [5.41, 5.74) is 7.21. The molecule has 0 saturated carbocycles. The van der Waals surface area contributed by atoms with Crippen LogP contribution in [0, 0.1) is 0 Å². The van der Waals surface area contributed by atoms with Crippen molar-refractivity contribution < 1.29 is 4.79 Å². The highest BCUT2D eigenvalue weighted by molar-refractivity contribution is 7.99. The van der Waals surface area contributed by atoms with Crippen LogP contribution in [-0.4, -0.2) is 39.5 Å². The lowest BCUT2D eigenvalue weighted by Gasteiger charge is -2.30. The van der Waals surface area contributed by atoms with E-state index in [4.69, 9.17) is 5.73 Å². The van der Waals surface area contributed by atoms with E-state index in [-0.39, 0.29) is 5.91 Å². The molecule has 5 heteroatoms. The van der Waals surface area contributed by atoms with E-state index in [2.05, 4.69) is 13.8 Å². The van der Waals surface area contributed by atoms with Crippen LogP contribution in [0.3, 0.4) is 0 Å². The second-order valence-corrected chi connectivity index (χ2v) is 6.33. The van der Waals surface area contributed by atoms with Crippen LogP contribution in [0.25, 0.3) is 0 Å². The highest BCUT2D eigenvalue weighted by Crippen LogP contribution is 2.21. The number of rotatable bonds is 3. The third kappa shape index (κ3) is 2.83. The fraction of sp³-hybridized carbons (Fsp3) is 0.615. The number of hydrogen-bond acceptors (Lipinski definition) is 3. The second kappa shape index (κ2) is 5.69. The number of nitrogens with zero attached hydrogens (tertiary/aromatic N) is 2. The number of nitrogen functional groups attached to an aromatic ring is 1. The molecule has 1 fully saturated rings. The average molecular weight is 267 g/mol. The second-order valence-electron chi connectivity index (χ2n) is 4.78. The molecule has 1 aromatic heterocycles. The summed E-state index contributed by atoms with van der Waals surface area (Å²) in [5, 5.41) is 0.523. The first-order chi connectivity index (χ1) is 8.61. The molecule has 2 rings (SSSR count). The quantitative estimate of drug-likeness (QED) is 0.912. The van der Waals surface area contributed by atoms with Crippen LogP contribution in [0.5, 0.6) is 0 Å². The summed E-state index contributed by atoms with van der Waals surface area (Å²) in [6.07, 6.45) is 2.86. The molecule has 1 aliphatic rings. The van der Waals surface area contributed by atoms with Crippen LogP contribution < -0.4 is 5.73 Å². The first kappa shape index (κ1) is 13.3.